The minimum absolute atomic E-state index is 0. The second kappa shape index (κ2) is 8.53. The minimum atomic E-state index is 0. The van der Waals surface area contributed by atoms with Crippen molar-refractivity contribution >= 4 is 0 Å². The van der Waals surface area contributed by atoms with E-state index >= 15 is 0 Å². The van der Waals surface area contributed by atoms with Gasteiger partial charge in [-0.3, -0.25) is 0 Å². The Balaban J connectivity index is 0.00000144. The van der Waals surface area contributed by atoms with Crippen LogP contribution in [0, 0.1) is 0 Å². The summed E-state index contributed by atoms with van der Waals surface area (Å²) in [5.41, 5.74) is 3.14. The van der Waals surface area contributed by atoms with Gasteiger partial charge in [0.15, 0.2) is 0 Å². The van der Waals surface area contributed by atoms with Gasteiger partial charge in [-0.05, 0) is 62.5 Å². The maximum atomic E-state index is 2.33. The van der Waals surface area contributed by atoms with E-state index in [9.17, 15) is 0 Å². The molecular formula is C16H22Ni. The molecule has 1 heteroatoms. The topological polar surface area (TPSA) is 0 Å². The zero-order valence-electron chi connectivity index (χ0n) is 10.4. The smallest absolute Gasteiger partial charge is 0 e. The SMILES string of the molecule is C1=CCCCCC(C2=CC=CCCCC2)=C1.[Ni]. The quantitative estimate of drug-likeness (QED) is 0.583. The van der Waals surface area contributed by atoms with Crippen molar-refractivity contribution in [3.05, 3.63) is 47.6 Å². The van der Waals surface area contributed by atoms with Crippen LogP contribution in [-0.4, -0.2) is 0 Å². The molecule has 2 aliphatic rings. The minimum Gasteiger partial charge on any atom is -0.0845 e. The van der Waals surface area contributed by atoms with E-state index in [1.54, 1.807) is 11.1 Å². The fourth-order valence-corrected chi connectivity index (χ4v) is 2.42. The van der Waals surface area contributed by atoms with Crippen LogP contribution >= 0.6 is 0 Å². The fraction of sp³-hybridized carbons (Fsp3) is 0.500. The van der Waals surface area contributed by atoms with Crippen LogP contribution in [0.15, 0.2) is 47.6 Å². The molecule has 0 spiro atoms. The first kappa shape index (κ1) is 14.5. The molecule has 17 heavy (non-hydrogen) atoms. The Morgan fingerprint density at radius 1 is 0.647 bits per heavy atom. The van der Waals surface area contributed by atoms with Gasteiger partial charge < -0.3 is 0 Å². The Hall–Kier alpha value is -0.546. The molecular weight excluding hydrogens is 251 g/mol. The van der Waals surface area contributed by atoms with Gasteiger partial charge in [0.05, 0.1) is 0 Å². The largest absolute Gasteiger partial charge is 0.0845 e. The monoisotopic (exact) mass is 272 g/mol. The van der Waals surface area contributed by atoms with E-state index in [4.69, 9.17) is 0 Å². The maximum absolute atomic E-state index is 2.33. The summed E-state index contributed by atoms with van der Waals surface area (Å²) in [7, 11) is 0. The van der Waals surface area contributed by atoms with Crippen LogP contribution in [0.25, 0.3) is 0 Å². The normalized spacial score (nSPS) is 21.2. The first-order chi connectivity index (χ1) is 7.97. The van der Waals surface area contributed by atoms with Crippen molar-refractivity contribution in [1.82, 2.24) is 0 Å². The van der Waals surface area contributed by atoms with Gasteiger partial charge in [0.25, 0.3) is 0 Å². The molecule has 0 radical (unpaired) electrons. The molecule has 0 atom stereocenters. The molecule has 0 heterocycles. The summed E-state index contributed by atoms with van der Waals surface area (Å²) in [5, 5.41) is 0. The zero-order valence-corrected chi connectivity index (χ0v) is 11.4. The summed E-state index contributed by atoms with van der Waals surface area (Å²) in [4.78, 5) is 0. The first-order valence-corrected chi connectivity index (χ1v) is 6.68. The van der Waals surface area contributed by atoms with E-state index in [0.29, 0.717) is 0 Å². The predicted molar refractivity (Wildman–Crippen MR) is 71.4 cm³/mol. The molecule has 96 valence electrons. The van der Waals surface area contributed by atoms with Crippen LogP contribution in [-0.2, 0) is 16.5 Å². The third-order valence-corrected chi connectivity index (χ3v) is 3.41. The zero-order chi connectivity index (χ0) is 11.1. The molecule has 0 aromatic carbocycles. The van der Waals surface area contributed by atoms with Gasteiger partial charge >= 0.3 is 0 Å². The van der Waals surface area contributed by atoms with Crippen molar-refractivity contribution in [1.29, 1.82) is 0 Å². The molecule has 0 N–H and O–H groups in total. The molecule has 0 unspecified atom stereocenters. The molecule has 0 aromatic heterocycles. The van der Waals surface area contributed by atoms with Gasteiger partial charge in [0.1, 0.15) is 0 Å². The molecule has 0 amide bonds. The number of hydrogen-bond acceptors (Lipinski definition) is 0. The van der Waals surface area contributed by atoms with Crippen LogP contribution in [0.1, 0.15) is 51.4 Å². The van der Waals surface area contributed by atoms with Crippen LogP contribution < -0.4 is 0 Å². The van der Waals surface area contributed by atoms with Crippen LogP contribution in [0.4, 0.5) is 0 Å². The molecule has 0 fully saturated rings. The van der Waals surface area contributed by atoms with Gasteiger partial charge in [-0.25, -0.2) is 0 Å². The summed E-state index contributed by atoms with van der Waals surface area (Å²) in [6, 6.07) is 0. The molecule has 0 aliphatic heterocycles. The Morgan fingerprint density at radius 2 is 1.12 bits per heavy atom. The van der Waals surface area contributed by atoms with E-state index in [1.165, 1.54) is 51.4 Å². The van der Waals surface area contributed by atoms with Crippen LogP contribution in [0.2, 0.25) is 0 Å². The van der Waals surface area contributed by atoms with Crippen molar-refractivity contribution in [2.75, 3.05) is 0 Å². The third-order valence-electron chi connectivity index (χ3n) is 3.41. The molecule has 0 bridgehead atoms. The Kier molecular flexibility index (Phi) is 7.28. The average Bonchev–Trinajstić information content (AvgIpc) is 2.18. The number of allylic oxidation sites excluding steroid dienone is 8. The maximum Gasteiger partial charge on any atom is 0 e. The van der Waals surface area contributed by atoms with Gasteiger partial charge in [-0.15, -0.1) is 0 Å². The summed E-state index contributed by atoms with van der Waals surface area (Å²) in [5.74, 6) is 0. The van der Waals surface area contributed by atoms with E-state index in [1.807, 2.05) is 0 Å². The van der Waals surface area contributed by atoms with Crippen LogP contribution in [0.5, 0.6) is 0 Å². The number of rotatable bonds is 1. The van der Waals surface area contributed by atoms with Gasteiger partial charge in [0, 0.05) is 16.5 Å². The molecule has 0 saturated carbocycles. The Labute approximate surface area is 115 Å². The molecule has 2 rings (SSSR count). The summed E-state index contributed by atoms with van der Waals surface area (Å²) in [6.45, 7) is 0. The molecule has 0 nitrogen and oxygen atoms in total. The Bertz CT molecular complexity index is 297. The van der Waals surface area contributed by atoms with Crippen molar-refractivity contribution in [2.24, 2.45) is 0 Å². The van der Waals surface area contributed by atoms with E-state index in [0.717, 1.165) is 0 Å². The molecule has 2 aliphatic carbocycles. The van der Waals surface area contributed by atoms with Gasteiger partial charge in [-0.2, -0.15) is 0 Å². The van der Waals surface area contributed by atoms with E-state index < -0.39 is 0 Å². The summed E-state index contributed by atoms with van der Waals surface area (Å²) in [6.07, 6.45) is 24.2. The fourth-order valence-electron chi connectivity index (χ4n) is 2.42. The van der Waals surface area contributed by atoms with Crippen LogP contribution in [0.3, 0.4) is 0 Å². The summed E-state index contributed by atoms with van der Waals surface area (Å²) >= 11 is 0. The first-order valence-electron chi connectivity index (χ1n) is 6.68. The standard InChI is InChI=1S/C16H22.Ni/c1-3-7-11-15(12-8-4-1)16-13-9-5-2-6-10-14-16;/h3,5,7,9,11,13H,1-2,4,6,8,10,12,14H2;. The molecule has 0 saturated heterocycles. The Morgan fingerprint density at radius 3 is 1.59 bits per heavy atom. The second-order valence-corrected chi connectivity index (χ2v) is 4.73. The van der Waals surface area contributed by atoms with E-state index in [2.05, 4.69) is 36.5 Å². The van der Waals surface area contributed by atoms with Crippen molar-refractivity contribution < 1.29 is 16.5 Å². The third kappa shape index (κ3) is 5.08. The van der Waals surface area contributed by atoms with Crippen molar-refractivity contribution in [2.45, 2.75) is 51.4 Å². The second-order valence-electron chi connectivity index (χ2n) is 4.73. The van der Waals surface area contributed by atoms with Gasteiger partial charge in [-0.1, -0.05) is 36.5 Å². The average molecular weight is 273 g/mol. The van der Waals surface area contributed by atoms with E-state index in [-0.39, 0.29) is 16.5 Å². The van der Waals surface area contributed by atoms with Gasteiger partial charge in [0.2, 0.25) is 0 Å². The predicted octanol–water partition coefficient (Wildman–Crippen LogP) is 5.10. The summed E-state index contributed by atoms with van der Waals surface area (Å²) < 4.78 is 0. The number of hydrogen-bond donors (Lipinski definition) is 0. The van der Waals surface area contributed by atoms with Crippen molar-refractivity contribution in [3.8, 4) is 0 Å². The molecule has 0 aromatic rings. The van der Waals surface area contributed by atoms with Crippen molar-refractivity contribution in [3.63, 3.8) is 0 Å².